The predicted molar refractivity (Wildman–Crippen MR) is 254 cm³/mol. The summed E-state index contributed by atoms with van der Waals surface area (Å²) in [5.41, 5.74) is 11.4. The van der Waals surface area contributed by atoms with Crippen LogP contribution < -0.4 is 4.90 Å². The fourth-order valence-corrected chi connectivity index (χ4v) is 10.7. The Morgan fingerprint density at radius 3 is 1.70 bits per heavy atom. The summed E-state index contributed by atoms with van der Waals surface area (Å²) >= 11 is 1.86. The number of benzene rings is 10. The highest BCUT2D eigenvalue weighted by atomic mass is 32.1. The van der Waals surface area contributed by atoms with Crippen molar-refractivity contribution in [3.63, 3.8) is 0 Å². The van der Waals surface area contributed by atoms with Gasteiger partial charge in [0.15, 0.2) is 0 Å². The summed E-state index contributed by atoms with van der Waals surface area (Å²) in [5.74, 6) is 0. The lowest BCUT2D eigenvalue weighted by molar-refractivity contribution is 0.669. The van der Waals surface area contributed by atoms with Crippen LogP contribution in [0.3, 0.4) is 0 Å². The molecule has 0 aliphatic carbocycles. The normalized spacial score (nSPS) is 12.0. The standard InChI is InChI=1S/C56H33NO2S/c1-4-25-51-42(12-1)46-20-7-15-38(54(46)58-51)35-29-28-34-30-31-37(33-36(34)32-35)57(50-24-11-22-48-44-14-3-6-27-53(44)60-56(48)50)49-23-10-17-39-40(16-8-18-41(39)49)45-19-9-21-47-43-13-2-5-26-52(43)59-55(45)47/h1-33H. The van der Waals surface area contributed by atoms with E-state index in [2.05, 4.69) is 187 Å². The van der Waals surface area contributed by atoms with Crippen molar-refractivity contribution < 1.29 is 8.83 Å². The molecular formula is C56H33NO2S. The van der Waals surface area contributed by atoms with Crippen LogP contribution in [0.4, 0.5) is 17.1 Å². The van der Waals surface area contributed by atoms with E-state index in [1.165, 1.54) is 30.9 Å². The van der Waals surface area contributed by atoms with Gasteiger partial charge in [-0.05, 0) is 75.8 Å². The first-order valence-electron chi connectivity index (χ1n) is 20.3. The Labute approximate surface area is 348 Å². The highest BCUT2D eigenvalue weighted by Gasteiger charge is 2.22. The van der Waals surface area contributed by atoms with E-state index < -0.39 is 0 Å². The molecule has 0 fully saturated rings. The van der Waals surface area contributed by atoms with Crippen molar-refractivity contribution in [3.05, 3.63) is 200 Å². The molecule has 0 radical (unpaired) electrons. The number of nitrogens with zero attached hydrogens (tertiary/aromatic N) is 1. The first kappa shape index (κ1) is 33.3. The van der Waals surface area contributed by atoms with Crippen molar-refractivity contribution in [2.45, 2.75) is 0 Å². The van der Waals surface area contributed by atoms with Crippen LogP contribution in [0.15, 0.2) is 209 Å². The first-order chi connectivity index (χ1) is 29.7. The fourth-order valence-electron chi connectivity index (χ4n) is 9.51. The molecule has 10 aromatic carbocycles. The van der Waals surface area contributed by atoms with Gasteiger partial charge in [-0.25, -0.2) is 0 Å². The van der Waals surface area contributed by atoms with Gasteiger partial charge in [0.25, 0.3) is 0 Å². The SMILES string of the molecule is c1ccc2c(c1)oc1c(-c3ccc4ccc(N(c5cccc6c(-c7cccc8c7oc7ccccc78)cccc56)c5cccc6c5sc5ccccc56)cc4c3)cccc12. The molecule has 0 spiro atoms. The van der Waals surface area contributed by atoms with E-state index >= 15 is 0 Å². The number of thiophene rings is 1. The number of para-hydroxylation sites is 4. The third-order valence-corrected chi connectivity index (χ3v) is 13.5. The molecule has 0 aliphatic heterocycles. The van der Waals surface area contributed by atoms with Crippen molar-refractivity contribution in [1.29, 1.82) is 0 Å². The third kappa shape index (κ3) is 4.95. The van der Waals surface area contributed by atoms with Gasteiger partial charge in [0, 0.05) is 59.2 Å². The minimum absolute atomic E-state index is 0.900. The highest BCUT2D eigenvalue weighted by molar-refractivity contribution is 7.26. The van der Waals surface area contributed by atoms with E-state index in [1.54, 1.807) is 0 Å². The number of furan rings is 2. The number of rotatable bonds is 5. The Morgan fingerprint density at radius 2 is 0.917 bits per heavy atom. The molecular weight excluding hydrogens is 751 g/mol. The maximum atomic E-state index is 6.59. The van der Waals surface area contributed by atoms with E-state index in [9.17, 15) is 0 Å². The maximum Gasteiger partial charge on any atom is 0.143 e. The zero-order valence-electron chi connectivity index (χ0n) is 32.2. The molecule has 0 saturated heterocycles. The number of hydrogen-bond acceptors (Lipinski definition) is 4. The molecule has 0 saturated carbocycles. The summed E-state index contributed by atoms with van der Waals surface area (Å²) in [6, 6.07) is 72.1. The molecule has 0 bridgehead atoms. The van der Waals surface area contributed by atoms with Crippen LogP contribution >= 0.6 is 11.3 Å². The zero-order valence-corrected chi connectivity index (χ0v) is 33.0. The van der Waals surface area contributed by atoms with Crippen LogP contribution in [0.1, 0.15) is 0 Å². The molecule has 0 aliphatic rings. The van der Waals surface area contributed by atoms with Crippen LogP contribution in [-0.4, -0.2) is 0 Å². The lowest BCUT2D eigenvalue weighted by Gasteiger charge is -2.28. The van der Waals surface area contributed by atoms with Gasteiger partial charge in [-0.15, -0.1) is 11.3 Å². The summed E-state index contributed by atoms with van der Waals surface area (Å²) in [6.07, 6.45) is 0. The molecule has 3 heterocycles. The Kier molecular flexibility index (Phi) is 7.18. The van der Waals surface area contributed by atoms with Gasteiger partial charge in [0.05, 0.1) is 16.1 Å². The van der Waals surface area contributed by atoms with Gasteiger partial charge in [-0.2, -0.15) is 0 Å². The second kappa shape index (κ2) is 12.9. The minimum Gasteiger partial charge on any atom is -0.455 e. The molecule has 13 rings (SSSR count). The Hall–Kier alpha value is -7.66. The average molecular weight is 784 g/mol. The summed E-state index contributed by atoms with van der Waals surface area (Å²) < 4.78 is 15.6. The van der Waals surface area contributed by atoms with Crippen molar-refractivity contribution in [2.75, 3.05) is 4.90 Å². The molecule has 3 aromatic heterocycles. The largest absolute Gasteiger partial charge is 0.455 e. The molecule has 0 N–H and O–H groups in total. The second-order valence-electron chi connectivity index (χ2n) is 15.6. The lowest BCUT2D eigenvalue weighted by atomic mass is 9.95. The van der Waals surface area contributed by atoms with Gasteiger partial charge in [-0.1, -0.05) is 152 Å². The quantitative estimate of drug-likeness (QED) is 0.174. The average Bonchev–Trinajstić information content (AvgIpc) is 4.01. The maximum absolute atomic E-state index is 6.59. The van der Waals surface area contributed by atoms with Gasteiger partial charge in [0.1, 0.15) is 22.3 Å². The van der Waals surface area contributed by atoms with E-state index in [0.717, 1.165) is 94.0 Å². The molecule has 0 unspecified atom stereocenters. The van der Waals surface area contributed by atoms with Gasteiger partial charge in [0.2, 0.25) is 0 Å². The highest BCUT2D eigenvalue weighted by Crippen LogP contribution is 2.48. The molecule has 4 heteroatoms. The van der Waals surface area contributed by atoms with Crippen LogP contribution in [0.5, 0.6) is 0 Å². The van der Waals surface area contributed by atoms with Crippen LogP contribution in [-0.2, 0) is 0 Å². The van der Waals surface area contributed by atoms with E-state index in [4.69, 9.17) is 8.83 Å². The first-order valence-corrected chi connectivity index (χ1v) is 21.1. The Morgan fingerprint density at radius 1 is 0.350 bits per heavy atom. The molecule has 3 nitrogen and oxygen atoms in total. The smallest absolute Gasteiger partial charge is 0.143 e. The molecule has 0 amide bonds. The van der Waals surface area contributed by atoms with Crippen LogP contribution in [0.25, 0.3) is 108 Å². The minimum atomic E-state index is 0.900. The van der Waals surface area contributed by atoms with Crippen molar-refractivity contribution in [3.8, 4) is 22.3 Å². The fraction of sp³-hybridized carbons (Fsp3) is 0. The second-order valence-corrected chi connectivity index (χ2v) is 16.6. The molecule has 60 heavy (non-hydrogen) atoms. The van der Waals surface area contributed by atoms with Crippen molar-refractivity contribution in [2.24, 2.45) is 0 Å². The van der Waals surface area contributed by atoms with Gasteiger partial charge in [-0.3, -0.25) is 0 Å². The third-order valence-electron chi connectivity index (χ3n) is 12.3. The predicted octanol–water partition coefficient (Wildman–Crippen LogP) is 17.0. The summed E-state index contributed by atoms with van der Waals surface area (Å²) in [7, 11) is 0. The molecule has 0 atom stereocenters. The van der Waals surface area contributed by atoms with Gasteiger partial charge >= 0.3 is 0 Å². The topological polar surface area (TPSA) is 29.5 Å². The van der Waals surface area contributed by atoms with E-state index in [0.29, 0.717) is 0 Å². The van der Waals surface area contributed by atoms with Crippen molar-refractivity contribution >= 4 is 114 Å². The van der Waals surface area contributed by atoms with Crippen molar-refractivity contribution in [1.82, 2.24) is 0 Å². The summed E-state index contributed by atoms with van der Waals surface area (Å²) in [5, 5.41) is 11.7. The van der Waals surface area contributed by atoms with E-state index in [1.807, 2.05) is 29.5 Å². The Balaban J connectivity index is 1.04. The molecule has 13 aromatic rings. The molecule has 280 valence electrons. The van der Waals surface area contributed by atoms with Crippen LogP contribution in [0, 0.1) is 0 Å². The van der Waals surface area contributed by atoms with Crippen LogP contribution in [0.2, 0.25) is 0 Å². The number of hydrogen-bond donors (Lipinski definition) is 0. The monoisotopic (exact) mass is 783 g/mol. The Bertz CT molecular complexity index is 3870. The van der Waals surface area contributed by atoms with E-state index in [-0.39, 0.29) is 0 Å². The summed E-state index contributed by atoms with van der Waals surface area (Å²) in [6.45, 7) is 0. The summed E-state index contributed by atoms with van der Waals surface area (Å²) in [4.78, 5) is 2.47. The zero-order chi connectivity index (χ0) is 39.3. The number of anilines is 3. The lowest BCUT2D eigenvalue weighted by Crippen LogP contribution is -2.10. The van der Waals surface area contributed by atoms with Gasteiger partial charge < -0.3 is 13.7 Å². The number of fused-ring (bicyclic) bond motifs is 11.